The van der Waals surface area contributed by atoms with Gasteiger partial charge in [0.05, 0.1) is 6.61 Å². The van der Waals surface area contributed by atoms with Crippen molar-refractivity contribution in [2.75, 3.05) is 6.61 Å². The first-order chi connectivity index (χ1) is 9.13. The Balaban J connectivity index is 3.78. The molecule has 0 aliphatic heterocycles. The first-order valence-electron chi connectivity index (χ1n) is 6.93. The number of amides is 2. The van der Waals surface area contributed by atoms with Crippen molar-refractivity contribution in [3.05, 3.63) is 0 Å². The van der Waals surface area contributed by atoms with Crippen LogP contribution in [0.4, 0.5) is 9.59 Å². The summed E-state index contributed by atoms with van der Waals surface area (Å²) in [5.41, 5.74) is 0. The Bertz CT molecular complexity index is 293. The number of hydrogen-bond donors (Lipinski definition) is 0. The second-order valence-electron chi connectivity index (χ2n) is 4.20. The number of azo groups is 1. The molecule has 0 atom stereocenters. The predicted molar refractivity (Wildman–Crippen MR) is 74.9 cm³/mol. The summed E-state index contributed by atoms with van der Waals surface area (Å²) in [6, 6.07) is 1.69. The molecule has 0 fully saturated rings. The maximum atomic E-state index is 11.2. The Labute approximate surface area is 116 Å². The van der Waals surface area contributed by atoms with Crippen molar-refractivity contribution in [3.8, 4) is 0 Å². The van der Waals surface area contributed by atoms with Gasteiger partial charge in [0.1, 0.15) is 0 Å². The zero-order chi connectivity index (χ0) is 14.5. The van der Waals surface area contributed by atoms with Gasteiger partial charge < -0.3 is 9.16 Å². The lowest BCUT2D eigenvalue weighted by atomic mass is 10.2. The van der Waals surface area contributed by atoms with E-state index in [2.05, 4.69) is 17.2 Å². The minimum Gasteiger partial charge on any atom is -0.504 e. The SMILES string of the molecule is CCCCCCOC(=O)N=NC(=O)O[SiH](CC)CC. The molecule has 0 aromatic carbocycles. The van der Waals surface area contributed by atoms with Crippen molar-refractivity contribution in [2.24, 2.45) is 10.2 Å². The highest BCUT2D eigenvalue weighted by Crippen LogP contribution is 2.03. The van der Waals surface area contributed by atoms with Crippen molar-refractivity contribution in [3.63, 3.8) is 0 Å². The molecule has 7 heteroatoms. The number of unbranched alkanes of at least 4 members (excludes halogenated alkanes) is 3. The molecular formula is C12H24N2O4Si. The van der Waals surface area contributed by atoms with Crippen molar-refractivity contribution in [2.45, 2.75) is 58.5 Å². The molecule has 0 saturated heterocycles. The maximum absolute atomic E-state index is 11.2. The molecule has 0 unspecified atom stereocenters. The smallest absolute Gasteiger partial charge is 0.452 e. The van der Waals surface area contributed by atoms with Gasteiger partial charge in [0.2, 0.25) is 9.04 Å². The summed E-state index contributed by atoms with van der Waals surface area (Å²) in [4.78, 5) is 22.4. The molecule has 110 valence electrons. The van der Waals surface area contributed by atoms with Gasteiger partial charge in [0.25, 0.3) is 0 Å². The molecule has 0 rings (SSSR count). The fourth-order valence-corrected chi connectivity index (χ4v) is 2.66. The first-order valence-corrected chi connectivity index (χ1v) is 9.03. The Kier molecular flexibility index (Phi) is 11.1. The zero-order valence-electron chi connectivity index (χ0n) is 12.1. The van der Waals surface area contributed by atoms with E-state index in [1.54, 1.807) is 0 Å². The Morgan fingerprint density at radius 3 is 2.16 bits per heavy atom. The van der Waals surface area contributed by atoms with Crippen LogP contribution in [-0.2, 0) is 9.16 Å². The van der Waals surface area contributed by atoms with Crippen LogP contribution in [0, 0.1) is 0 Å². The lowest BCUT2D eigenvalue weighted by Gasteiger charge is -2.08. The first kappa shape index (κ1) is 17.8. The summed E-state index contributed by atoms with van der Waals surface area (Å²) in [6.07, 6.45) is 2.44. The average Bonchev–Trinajstić information content (AvgIpc) is 2.42. The van der Waals surface area contributed by atoms with Gasteiger partial charge in [-0.1, -0.05) is 50.3 Å². The van der Waals surface area contributed by atoms with E-state index in [1.165, 1.54) is 0 Å². The third-order valence-electron chi connectivity index (χ3n) is 2.61. The van der Waals surface area contributed by atoms with Crippen LogP contribution in [-0.4, -0.2) is 27.8 Å². The third kappa shape index (κ3) is 10.4. The van der Waals surface area contributed by atoms with E-state index >= 15 is 0 Å². The molecule has 0 spiro atoms. The molecule has 0 aromatic rings. The third-order valence-corrected chi connectivity index (χ3v) is 4.97. The van der Waals surface area contributed by atoms with Gasteiger partial charge in [-0.25, -0.2) is 9.59 Å². The normalized spacial score (nSPS) is 10.9. The molecule has 0 heterocycles. The lowest BCUT2D eigenvalue weighted by Crippen LogP contribution is -2.18. The molecule has 2 amide bonds. The number of hydrogen-bond acceptors (Lipinski definition) is 4. The van der Waals surface area contributed by atoms with E-state index < -0.39 is 21.2 Å². The van der Waals surface area contributed by atoms with Crippen LogP contribution in [0.15, 0.2) is 10.2 Å². The van der Waals surface area contributed by atoms with E-state index in [0.29, 0.717) is 6.61 Å². The van der Waals surface area contributed by atoms with E-state index in [1.807, 2.05) is 13.8 Å². The number of rotatable bonds is 8. The van der Waals surface area contributed by atoms with Crippen LogP contribution >= 0.6 is 0 Å². The molecule has 19 heavy (non-hydrogen) atoms. The topological polar surface area (TPSA) is 77.3 Å². The molecule has 0 radical (unpaired) electrons. The highest BCUT2D eigenvalue weighted by Gasteiger charge is 2.12. The van der Waals surface area contributed by atoms with Crippen LogP contribution in [0.25, 0.3) is 0 Å². The van der Waals surface area contributed by atoms with Crippen molar-refractivity contribution >= 4 is 21.2 Å². The predicted octanol–water partition coefficient (Wildman–Crippen LogP) is 4.06. The quantitative estimate of drug-likeness (QED) is 0.383. The summed E-state index contributed by atoms with van der Waals surface area (Å²) in [6.45, 7) is 6.36. The molecule has 0 N–H and O–H groups in total. The molecule has 0 bridgehead atoms. The van der Waals surface area contributed by atoms with E-state index in [-0.39, 0.29) is 0 Å². The van der Waals surface area contributed by atoms with Gasteiger partial charge in [-0.2, -0.15) is 0 Å². The molecule has 0 aromatic heterocycles. The number of ether oxygens (including phenoxy) is 1. The zero-order valence-corrected chi connectivity index (χ0v) is 13.2. The van der Waals surface area contributed by atoms with E-state index in [0.717, 1.165) is 37.8 Å². The molecular weight excluding hydrogens is 264 g/mol. The monoisotopic (exact) mass is 288 g/mol. The maximum Gasteiger partial charge on any atom is 0.452 e. The second-order valence-corrected chi connectivity index (χ2v) is 7.31. The van der Waals surface area contributed by atoms with E-state index in [9.17, 15) is 9.59 Å². The largest absolute Gasteiger partial charge is 0.504 e. The summed E-state index contributed by atoms with van der Waals surface area (Å²) in [5.74, 6) is 0. The molecule has 0 aliphatic rings. The summed E-state index contributed by atoms with van der Waals surface area (Å²) >= 11 is 0. The van der Waals surface area contributed by atoms with Crippen molar-refractivity contribution in [1.82, 2.24) is 0 Å². The van der Waals surface area contributed by atoms with Crippen LogP contribution < -0.4 is 0 Å². The summed E-state index contributed by atoms with van der Waals surface area (Å²) < 4.78 is 9.89. The lowest BCUT2D eigenvalue weighted by molar-refractivity contribution is 0.152. The Morgan fingerprint density at radius 2 is 1.58 bits per heavy atom. The Morgan fingerprint density at radius 1 is 0.947 bits per heavy atom. The number of nitrogens with zero attached hydrogens (tertiary/aromatic N) is 2. The van der Waals surface area contributed by atoms with Gasteiger partial charge in [0, 0.05) is 0 Å². The highest BCUT2D eigenvalue weighted by atomic mass is 28.3. The fourth-order valence-electron chi connectivity index (χ4n) is 1.42. The van der Waals surface area contributed by atoms with Gasteiger partial charge in [-0.3, -0.25) is 0 Å². The molecule has 6 nitrogen and oxygen atoms in total. The molecule has 0 aliphatic carbocycles. The minimum atomic E-state index is -1.50. The number of carbonyl (C=O) groups excluding carboxylic acids is 2. The summed E-state index contributed by atoms with van der Waals surface area (Å²) in [5, 5.41) is 6.37. The molecule has 0 saturated carbocycles. The van der Waals surface area contributed by atoms with Gasteiger partial charge >= 0.3 is 12.2 Å². The summed E-state index contributed by atoms with van der Waals surface area (Å²) in [7, 11) is -1.50. The van der Waals surface area contributed by atoms with Crippen LogP contribution in [0.2, 0.25) is 12.1 Å². The van der Waals surface area contributed by atoms with Crippen LogP contribution in [0.5, 0.6) is 0 Å². The Hall–Kier alpha value is -1.24. The van der Waals surface area contributed by atoms with Crippen molar-refractivity contribution < 1.29 is 18.8 Å². The standard InChI is InChI=1S/C12H24N2O4Si/c1-4-7-8-9-10-17-11(15)13-14-12(16)18-19(5-2)6-3/h19H,4-10H2,1-3H3. The average molecular weight is 288 g/mol. The number of carbonyl (C=O) groups is 2. The van der Waals surface area contributed by atoms with Gasteiger partial charge in [-0.05, 0) is 18.5 Å². The van der Waals surface area contributed by atoms with Crippen molar-refractivity contribution in [1.29, 1.82) is 0 Å². The van der Waals surface area contributed by atoms with E-state index in [4.69, 9.17) is 9.16 Å². The minimum absolute atomic E-state index is 0.314. The highest BCUT2D eigenvalue weighted by molar-refractivity contribution is 6.53. The fraction of sp³-hybridized carbons (Fsp3) is 0.833. The van der Waals surface area contributed by atoms with Crippen LogP contribution in [0.3, 0.4) is 0 Å². The van der Waals surface area contributed by atoms with Gasteiger partial charge in [0.15, 0.2) is 0 Å². The van der Waals surface area contributed by atoms with Gasteiger partial charge in [-0.15, -0.1) is 0 Å². The second kappa shape index (κ2) is 11.8. The van der Waals surface area contributed by atoms with Crippen LogP contribution in [0.1, 0.15) is 46.5 Å².